The van der Waals surface area contributed by atoms with Gasteiger partial charge in [-0.05, 0) is 48.9 Å². The zero-order valence-electron chi connectivity index (χ0n) is 22.5. The first-order chi connectivity index (χ1) is 19.3. The standard InChI is InChI=1S/C31H35N5O4/c1-21(35-30(38)27-18-26(16-17-33-27)24-10-6-3-7-11-24)29(37)34-19-22-12-14-25(15-13-22)28(32)36(31(39)40)20-23-8-4-2-5-9-23/h2-15,21,26-27,32-33H,16-20H2,1H3,(H,34,37)(H,35,38)(H,39,40)/t21-,26-,27+/m0/s1. The van der Waals surface area contributed by atoms with Crippen molar-refractivity contribution in [2.45, 2.75) is 50.9 Å². The maximum atomic E-state index is 12.9. The van der Waals surface area contributed by atoms with Gasteiger partial charge in [0.25, 0.3) is 0 Å². The average Bonchev–Trinajstić information content (AvgIpc) is 2.99. The summed E-state index contributed by atoms with van der Waals surface area (Å²) in [6.45, 7) is 2.70. The molecule has 0 bridgehead atoms. The first-order valence-corrected chi connectivity index (χ1v) is 13.4. The number of piperidine rings is 1. The van der Waals surface area contributed by atoms with E-state index in [1.54, 1.807) is 31.2 Å². The largest absolute Gasteiger partial charge is 0.465 e. The SMILES string of the molecule is C[C@H](NC(=O)[C@H]1C[C@@H](c2ccccc2)CCN1)C(=O)NCc1ccc(C(=N)N(Cc2ccccc2)C(=O)O)cc1. The summed E-state index contributed by atoms with van der Waals surface area (Å²) in [5, 5.41) is 27.0. The fourth-order valence-corrected chi connectivity index (χ4v) is 4.81. The number of amidine groups is 1. The van der Waals surface area contributed by atoms with Crippen LogP contribution >= 0.6 is 0 Å². The van der Waals surface area contributed by atoms with Crippen molar-refractivity contribution < 1.29 is 19.5 Å². The van der Waals surface area contributed by atoms with Crippen molar-refractivity contribution in [2.24, 2.45) is 0 Å². The zero-order chi connectivity index (χ0) is 28.5. The molecule has 3 aromatic rings. The third-order valence-corrected chi connectivity index (χ3v) is 7.12. The summed E-state index contributed by atoms with van der Waals surface area (Å²) < 4.78 is 0. The molecule has 1 heterocycles. The molecule has 9 heteroatoms. The molecule has 0 aromatic heterocycles. The molecular formula is C31H35N5O4. The number of amides is 3. The van der Waals surface area contributed by atoms with Gasteiger partial charge in [0.05, 0.1) is 12.6 Å². The Kier molecular flexibility index (Phi) is 9.64. The minimum absolute atomic E-state index is 0.0692. The van der Waals surface area contributed by atoms with Crippen LogP contribution in [0.1, 0.15) is 47.9 Å². The van der Waals surface area contributed by atoms with E-state index in [4.69, 9.17) is 5.41 Å². The van der Waals surface area contributed by atoms with Crippen LogP contribution < -0.4 is 16.0 Å². The van der Waals surface area contributed by atoms with Crippen LogP contribution in [0, 0.1) is 5.41 Å². The molecule has 9 nitrogen and oxygen atoms in total. The van der Waals surface area contributed by atoms with Crippen molar-refractivity contribution >= 4 is 23.7 Å². The summed E-state index contributed by atoms with van der Waals surface area (Å²) in [7, 11) is 0. The number of carbonyl (C=O) groups is 3. The average molecular weight is 542 g/mol. The van der Waals surface area contributed by atoms with E-state index in [0.29, 0.717) is 17.9 Å². The Morgan fingerprint density at radius 2 is 1.62 bits per heavy atom. The molecule has 1 aliphatic heterocycles. The molecule has 5 N–H and O–H groups in total. The molecule has 1 saturated heterocycles. The molecule has 0 unspecified atom stereocenters. The van der Waals surface area contributed by atoms with E-state index in [1.807, 2.05) is 48.5 Å². The van der Waals surface area contributed by atoms with Gasteiger partial charge in [0.2, 0.25) is 11.8 Å². The van der Waals surface area contributed by atoms with Crippen LogP contribution in [0.5, 0.6) is 0 Å². The molecule has 0 aliphatic carbocycles. The maximum Gasteiger partial charge on any atom is 0.413 e. The predicted molar refractivity (Wildman–Crippen MR) is 153 cm³/mol. The van der Waals surface area contributed by atoms with Gasteiger partial charge >= 0.3 is 6.09 Å². The molecule has 3 atom stereocenters. The first-order valence-electron chi connectivity index (χ1n) is 13.4. The highest BCUT2D eigenvalue weighted by Crippen LogP contribution is 2.27. The number of benzene rings is 3. The number of nitrogens with one attached hydrogen (secondary N) is 4. The third-order valence-electron chi connectivity index (χ3n) is 7.12. The number of rotatable bonds is 9. The summed E-state index contributed by atoms with van der Waals surface area (Å²) in [6, 6.07) is 25.0. The lowest BCUT2D eigenvalue weighted by atomic mass is 9.86. The van der Waals surface area contributed by atoms with Crippen LogP contribution in [0.3, 0.4) is 0 Å². The van der Waals surface area contributed by atoms with Crippen LogP contribution in [-0.2, 0) is 22.7 Å². The van der Waals surface area contributed by atoms with E-state index >= 15 is 0 Å². The lowest BCUT2D eigenvalue weighted by Gasteiger charge is -2.30. The second-order valence-electron chi connectivity index (χ2n) is 9.99. The van der Waals surface area contributed by atoms with Crippen LogP contribution in [0.25, 0.3) is 0 Å². The minimum atomic E-state index is -1.21. The fraction of sp³-hybridized carbons (Fsp3) is 0.290. The van der Waals surface area contributed by atoms with Crippen LogP contribution in [0.2, 0.25) is 0 Å². The lowest BCUT2D eigenvalue weighted by molar-refractivity contribution is -0.130. The molecule has 1 aliphatic rings. The summed E-state index contributed by atoms with van der Waals surface area (Å²) in [4.78, 5) is 38.3. The third kappa shape index (κ3) is 7.54. The van der Waals surface area contributed by atoms with Gasteiger partial charge in [-0.15, -0.1) is 0 Å². The smallest absolute Gasteiger partial charge is 0.413 e. The number of carboxylic acid groups (broad SMARTS) is 1. The van der Waals surface area contributed by atoms with Gasteiger partial charge in [0, 0.05) is 12.1 Å². The van der Waals surface area contributed by atoms with E-state index in [2.05, 4.69) is 28.1 Å². The molecule has 1 fully saturated rings. The summed E-state index contributed by atoms with van der Waals surface area (Å²) >= 11 is 0. The van der Waals surface area contributed by atoms with Gasteiger partial charge in [-0.25, -0.2) is 4.79 Å². The Morgan fingerprint density at radius 3 is 2.27 bits per heavy atom. The summed E-state index contributed by atoms with van der Waals surface area (Å²) in [5.74, 6) is -0.327. The number of carbonyl (C=O) groups excluding carboxylic acids is 2. The minimum Gasteiger partial charge on any atom is -0.465 e. The Bertz CT molecular complexity index is 1310. The molecule has 0 radical (unpaired) electrons. The first kappa shape index (κ1) is 28.5. The number of hydrogen-bond donors (Lipinski definition) is 5. The second-order valence-corrected chi connectivity index (χ2v) is 9.99. The molecular weight excluding hydrogens is 506 g/mol. The van der Waals surface area contributed by atoms with Crippen LogP contribution in [0.4, 0.5) is 4.79 Å². The molecule has 3 amide bonds. The van der Waals surface area contributed by atoms with Crippen molar-refractivity contribution in [2.75, 3.05) is 6.54 Å². The Hall–Kier alpha value is -4.50. The highest BCUT2D eigenvalue weighted by molar-refractivity contribution is 6.04. The van der Waals surface area contributed by atoms with Gasteiger partial charge in [-0.1, -0.05) is 84.9 Å². The quantitative estimate of drug-likeness (QED) is 0.207. The van der Waals surface area contributed by atoms with Crippen molar-refractivity contribution in [1.29, 1.82) is 5.41 Å². The van der Waals surface area contributed by atoms with E-state index < -0.39 is 12.1 Å². The van der Waals surface area contributed by atoms with Crippen molar-refractivity contribution in [3.63, 3.8) is 0 Å². The van der Waals surface area contributed by atoms with E-state index in [1.165, 1.54) is 5.56 Å². The van der Waals surface area contributed by atoms with Crippen LogP contribution in [0.15, 0.2) is 84.9 Å². The van der Waals surface area contributed by atoms with Crippen molar-refractivity contribution in [3.05, 3.63) is 107 Å². The molecule has 0 spiro atoms. The zero-order valence-corrected chi connectivity index (χ0v) is 22.5. The molecule has 3 aromatic carbocycles. The maximum absolute atomic E-state index is 12.9. The fourth-order valence-electron chi connectivity index (χ4n) is 4.81. The predicted octanol–water partition coefficient (Wildman–Crippen LogP) is 3.85. The van der Waals surface area contributed by atoms with Gasteiger partial charge in [-0.2, -0.15) is 0 Å². The van der Waals surface area contributed by atoms with Gasteiger partial charge in [0.1, 0.15) is 11.9 Å². The second kappa shape index (κ2) is 13.5. The number of nitrogens with zero attached hydrogens (tertiary/aromatic N) is 1. The van der Waals surface area contributed by atoms with E-state index in [9.17, 15) is 19.5 Å². The Balaban J connectivity index is 1.26. The monoisotopic (exact) mass is 541 g/mol. The number of hydrogen-bond acceptors (Lipinski definition) is 5. The van der Waals surface area contributed by atoms with Gasteiger partial charge in [-0.3, -0.25) is 19.9 Å². The topological polar surface area (TPSA) is 135 Å². The van der Waals surface area contributed by atoms with Crippen molar-refractivity contribution in [3.8, 4) is 0 Å². The summed E-state index contributed by atoms with van der Waals surface area (Å²) in [6.07, 6.45) is 0.430. The Labute approximate surface area is 234 Å². The normalized spacial score (nSPS) is 17.3. The molecule has 40 heavy (non-hydrogen) atoms. The van der Waals surface area contributed by atoms with Gasteiger partial charge < -0.3 is 21.1 Å². The van der Waals surface area contributed by atoms with Crippen LogP contribution in [-0.4, -0.2) is 52.4 Å². The van der Waals surface area contributed by atoms with Crippen molar-refractivity contribution in [1.82, 2.24) is 20.9 Å². The van der Waals surface area contributed by atoms with E-state index in [-0.39, 0.29) is 36.8 Å². The molecule has 208 valence electrons. The molecule has 4 rings (SSSR count). The lowest BCUT2D eigenvalue weighted by Crippen LogP contribution is -2.53. The van der Waals surface area contributed by atoms with E-state index in [0.717, 1.165) is 29.0 Å². The Morgan fingerprint density at radius 1 is 0.975 bits per heavy atom. The summed E-state index contributed by atoms with van der Waals surface area (Å²) in [5.41, 5.74) is 3.24. The molecule has 0 saturated carbocycles. The highest BCUT2D eigenvalue weighted by atomic mass is 16.4. The highest BCUT2D eigenvalue weighted by Gasteiger charge is 2.29. The van der Waals surface area contributed by atoms with Gasteiger partial charge in [0.15, 0.2) is 0 Å².